The summed E-state index contributed by atoms with van der Waals surface area (Å²) in [5, 5.41) is 3.25. The number of rotatable bonds is 7. The highest BCUT2D eigenvalue weighted by Gasteiger charge is 2.67. The number of anilines is 2. The number of ketones is 1. The predicted octanol–water partition coefficient (Wildman–Crippen LogP) is 7.45. The Bertz CT molecular complexity index is 1410. The van der Waals surface area contributed by atoms with E-state index in [0.29, 0.717) is 10.6 Å². The van der Waals surface area contributed by atoms with Gasteiger partial charge in [-0.2, -0.15) is 0 Å². The Morgan fingerprint density at radius 2 is 1.81 bits per heavy atom. The molecule has 10 heteroatoms. The van der Waals surface area contributed by atoms with Crippen LogP contribution in [0.3, 0.4) is 0 Å². The third-order valence-corrected chi connectivity index (χ3v) is 7.45. The summed E-state index contributed by atoms with van der Waals surface area (Å²) < 4.78 is 26.3. The number of halogens is 6. The van der Waals surface area contributed by atoms with Gasteiger partial charge in [0.2, 0.25) is 5.91 Å². The molecule has 0 radical (unpaired) electrons. The van der Waals surface area contributed by atoms with Gasteiger partial charge in [0.15, 0.2) is 11.6 Å². The van der Waals surface area contributed by atoms with Gasteiger partial charge in [0.1, 0.15) is 15.8 Å². The number of carbonyl (C=O) groups excluding carboxylic acids is 2. The lowest BCUT2D eigenvalue weighted by atomic mass is 10.0. The van der Waals surface area contributed by atoms with Crippen molar-refractivity contribution in [3.05, 3.63) is 99.0 Å². The van der Waals surface area contributed by atoms with E-state index in [4.69, 9.17) is 52.1 Å². The molecule has 1 aliphatic rings. The number of nitrogens with two attached hydrogens (primary N) is 1. The molecule has 0 saturated heterocycles. The van der Waals surface area contributed by atoms with Crippen LogP contribution in [-0.4, -0.2) is 16.0 Å². The van der Waals surface area contributed by atoms with E-state index in [9.17, 15) is 18.4 Å². The number of amides is 1. The third-order valence-electron chi connectivity index (χ3n) is 5.97. The highest BCUT2D eigenvalue weighted by atomic mass is 35.5. The van der Waals surface area contributed by atoms with Gasteiger partial charge in [0, 0.05) is 28.6 Å². The van der Waals surface area contributed by atoms with E-state index in [0.717, 1.165) is 17.7 Å². The van der Waals surface area contributed by atoms with E-state index in [1.807, 2.05) is 0 Å². The minimum atomic E-state index is -1.36. The molecule has 1 fully saturated rings. The first-order chi connectivity index (χ1) is 16.9. The maximum Gasteiger partial charge on any atom is 0.231 e. The van der Waals surface area contributed by atoms with E-state index < -0.39 is 51.6 Å². The normalized spacial score (nSPS) is 17.9. The lowest BCUT2D eigenvalue weighted by Gasteiger charge is -2.10. The number of alkyl halides is 2. The van der Waals surface area contributed by atoms with E-state index in [-0.39, 0.29) is 21.8 Å². The molecule has 0 aromatic heterocycles. The number of hydrogen-bond donors (Lipinski definition) is 2. The molecule has 3 aromatic carbocycles. The molecule has 3 aromatic rings. The molecule has 1 saturated carbocycles. The molecule has 0 aliphatic heterocycles. The van der Waals surface area contributed by atoms with Crippen molar-refractivity contribution in [3.63, 3.8) is 0 Å². The molecule has 2 atom stereocenters. The Hall–Kier alpha value is -2.64. The standard InChI is InChI=1S/C26H18Cl4F2N2O2/c1-2-12-7-14(9-15(27)8-12)21-22(26(21,29)30)25(36)34-16-4-5-18(28)17(11-16)20(35)10-13-3-6-19(31)24(33)23(13)32/h2-9,11,21-22H,1,10,33H2,(H,34,36). The molecule has 3 N–H and O–H groups in total. The van der Waals surface area contributed by atoms with Gasteiger partial charge in [-0.1, -0.05) is 48.0 Å². The van der Waals surface area contributed by atoms with E-state index in [2.05, 4.69) is 11.9 Å². The summed E-state index contributed by atoms with van der Waals surface area (Å²) >= 11 is 25.2. The van der Waals surface area contributed by atoms with Crippen molar-refractivity contribution < 1.29 is 18.4 Å². The van der Waals surface area contributed by atoms with Crippen LogP contribution in [0.25, 0.3) is 6.08 Å². The Morgan fingerprint density at radius 3 is 2.50 bits per heavy atom. The molecular weight excluding hydrogens is 552 g/mol. The Balaban J connectivity index is 1.53. The first-order valence-electron chi connectivity index (χ1n) is 10.6. The summed E-state index contributed by atoms with van der Waals surface area (Å²) in [6.07, 6.45) is 1.21. The van der Waals surface area contributed by atoms with Crippen LogP contribution in [0.15, 0.2) is 55.1 Å². The molecule has 0 spiro atoms. The SMILES string of the molecule is C=Cc1cc(Cl)cc(C2C(C(=O)Nc3ccc(Cl)c(C(=O)Cc4ccc(F)c(N)c4F)c3)C2(Cl)Cl)c1. The van der Waals surface area contributed by atoms with Crippen LogP contribution in [0.1, 0.15) is 33.0 Å². The molecule has 186 valence electrons. The van der Waals surface area contributed by atoms with Crippen LogP contribution in [0, 0.1) is 17.6 Å². The fraction of sp³-hybridized carbons (Fsp3) is 0.154. The Morgan fingerprint density at radius 1 is 1.08 bits per heavy atom. The maximum absolute atomic E-state index is 14.3. The molecule has 4 nitrogen and oxygen atoms in total. The molecular formula is C26H18Cl4F2N2O2. The average Bonchev–Trinajstić information content (AvgIpc) is 3.42. The summed E-state index contributed by atoms with van der Waals surface area (Å²) in [6.45, 7) is 3.72. The van der Waals surface area contributed by atoms with Crippen LogP contribution in [-0.2, 0) is 11.2 Å². The van der Waals surface area contributed by atoms with Gasteiger partial charge in [-0.25, -0.2) is 8.78 Å². The molecule has 1 aliphatic carbocycles. The molecule has 2 unspecified atom stereocenters. The number of benzene rings is 3. The fourth-order valence-electron chi connectivity index (χ4n) is 4.06. The van der Waals surface area contributed by atoms with Crippen molar-refractivity contribution in [2.24, 2.45) is 5.92 Å². The Labute approximate surface area is 226 Å². The molecule has 4 rings (SSSR count). The molecule has 0 heterocycles. The largest absolute Gasteiger partial charge is 0.394 e. The smallest absolute Gasteiger partial charge is 0.231 e. The first-order valence-corrected chi connectivity index (χ1v) is 12.1. The Kier molecular flexibility index (Phi) is 7.35. The summed E-state index contributed by atoms with van der Waals surface area (Å²) in [5.41, 5.74) is 6.37. The molecule has 36 heavy (non-hydrogen) atoms. The van der Waals surface area contributed by atoms with Crippen LogP contribution in [0.2, 0.25) is 10.0 Å². The van der Waals surface area contributed by atoms with E-state index in [1.54, 1.807) is 24.3 Å². The molecule has 1 amide bonds. The van der Waals surface area contributed by atoms with Crippen LogP contribution < -0.4 is 11.1 Å². The zero-order chi connectivity index (χ0) is 26.4. The molecule has 0 bridgehead atoms. The topological polar surface area (TPSA) is 72.2 Å². The number of Topliss-reactive ketones (excluding diaryl/α,β-unsaturated/α-hetero) is 1. The van der Waals surface area contributed by atoms with Crippen molar-refractivity contribution in [1.29, 1.82) is 0 Å². The quantitative estimate of drug-likeness (QED) is 0.176. The number of nitrogens with one attached hydrogen (secondary N) is 1. The summed E-state index contributed by atoms with van der Waals surface area (Å²) in [6, 6.07) is 11.6. The summed E-state index contributed by atoms with van der Waals surface area (Å²) in [4.78, 5) is 25.9. The van der Waals surface area contributed by atoms with Crippen LogP contribution >= 0.6 is 46.4 Å². The van der Waals surface area contributed by atoms with Crippen molar-refractivity contribution in [2.75, 3.05) is 11.1 Å². The summed E-state index contributed by atoms with van der Waals surface area (Å²) in [7, 11) is 0. The lowest BCUT2D eigenvalue weighted by molar-refractivity contribution is -0.117. The van der Waals surface area contributed by atoms with Gasteiger partial charge in [-0.05, 0) is 53.1 Å². The van der Waals surface area contributed by atoms with E-state index >= 15 is 0 Å². The third kappa shape index (κ3) is 5.09. The zero-order valence-corrected chi connectivity index (χ0v) is 21.5. The van der Waals surface area contributed by atoms with Crippen molar-refractivity contribution in [2.45, 2.75) is 16.7 Å². The number of hydrogen-bond acceptors (Lipinski definition) is 3. The summed E-state index contributed by atoms with van der Waals surface area (Å²) in [5.74, 6) is -4.25. The van der Waals surface area contributed by atoms with Gasteiger partial charge < -0.3 is 11.1 Å². The van der Waals surface area contributed by atoms with Gasteiger partial charge in [0.25, 0.3) is 0 Å². The fourth-order valence-corrected chi connectivity index (χ4v) is 5.36. The highest BCUT2D eigenvalue weighted by Crippen LogP contribution is 2.65. The van der Waals surface area contributed by atoms with Crippen molar-refractivity contribution in [3.8, 4) is 0 Å². The van der Waals surface area contributed by atoms with Crippen molar-refractivity contribution >= 4 is 75.5 Å². The van der Waals surface area contributed by atoms with Gasteiger partial charge >= 0.3 is 0 Å². The van der Waals surface area contributed by atoms with Gasteiger partial charge in [0.05, 0.1) is 10.9 Å². The van der Waals surface area contributed by atoms with Crippen LogP contribution in [0.5, 0.6) is 0 Å². The van der Waals surface area contributed by atoms with E-state index in [1.165, 1.54) is 18.2 Å². The second kappa shape index (κ2) is 10.0. The maximum atomic E-state index is 14.3. The minimum absolute atomic E-state index is 0.0394. The second-order valence-corrected chi connectivity index (χ2v) is 10.7. The number of carbonyl (C=O) groups is 2. The second-order valence-electron chi connectivity index (χ2n) is 8.37. The monoisotopic (exact) mass is 568 g/mol. The van der Waals surface area contributed by atoms with Crippen LogP contribution in [0.4, 0.5) is 20.2 Å². The number of nitrogen functional groups attached to an aromatic ring is 1. The minimum Gasteiger partial charge on any atom is -0.394 e. The first kappa shape index (κ1) is 26.4. The predicted molar refractivity (Wildman–Crippen MR) is 141 cm³/mol. The highest BCUT2D eigenvalue weighted by molar-refractivity contribution is 6.53. The van der Waals surface area contributed by atoms with Gasteiger partial charge in [-0.15, -0.1) is 23.2 Å². The van der Waals surface area contributed by atoms with Gasteiger partial charge in [-0.3, -0.25) is 9.59 Å². The van der Waals surface area contributed by atoms with Crippen molar-refractivity contribution in [1.82, 2.24) is 0 Å². The lowest BCUT2D eigenvalue weighted by Crippen LogP contribution is -2.17. The average molecular weight is 570 g/mol. The zero-order valence-electron chi connectivity index (χ0n) is 18.4.